The fourth-order valence-corrected chi connectivity index (χ4v) is 1.16. The maximum absolute atomic E-state index is 10.2. The summed E-state index contributed by atoms with van der Waals surface area (Å²) >= 11 is 0. The summed E-state index contributed by atoms with van der Waals surface area (Å²) in [5.74, 6) is -1.76. The molecule has 0 bridgehead atoms. The van der Waals surface area contributed by atoms with Crippen molar-refractivity contribution in [2.45, 2.75) is 14.9 Å². The molecule has 0 radical (unpaired) electrons. The summed E-state index contributed by atoms with van der Waals surface area (Å²) in [4.78, 5) is 20.4. The highest BCUT2D eigenvalue weighted by atomic mass is 16.4. The Morgan fingerprint density at radius 3 is 1.00 bits per heavy atom. The zero-order valence-electron chi connectivity index (χ0n) is 9.48. The predicted octanol–water partition coefficient (Wildman–Crippen LogP) is 4.04. The van der Waals surface area contributed by atoms with Crippen molar-refractivity contribution in [2.75, 3.05) is 0 Å². The molecule has 4 heteroatoms. The maximum Gasteiger partial charge on any atom is 0.335 e. The normalized spacial score (nSPS) is 8.00. The van der Waals surface area contributed by atoms with Crippen LogP contribution in [-0.4, -0.2) is 22.2 Å². The SMILES string of the molecule is C.C.O=C(O)c1ccccc1.O=C(O)c1ccccc1. The van der Waals surface area contributed by atoms with Gasteiger partial charge >= 0.3 is 11.9 Å². The van der Waals surface area contributed by atoms with Crippen molar-refractivity contribution in [1.82, 2.24) is 0 Å². The van der Waals surface area contributed by atoms with E-state index in [1.165, 1.54) is 0 Å². The molecule has 2 aromatic rings. The van der Waals surface area contributed by atoms with E-state index in [2.05, 4.69) is 0 Å². The number of carbonyl (C=O) groups is 2. The first kappa shape index (κ1) is 19.7. The lowest BCUT2D eigenvalue weighted by Gasteiger charge is -1.88. The predicted molar refractivity (Wildman–Crippen MR) is 80.3 cm³/mol. The van der Waals surface area contributed by atoms with E-state index in [4.69, 9.17) is 10.2 Å². The van der Waals surface area contributed by atoms with Gasteiger partial charge in [0, 0.05) is 0 Å². The molecule has 0 aliphatic carbocycles. The van der Waals surface area contributed by atoms with Gasteiger partial charge in [-0.15, -0.1) is 0 Å². The summed E-state index contributed by atoms with van der Waals surface area (Å²) in [6, 6.07) is 16.6. The molecule has 2 aromatic carbocycles. The number of hydrogen-bond donors (Lipinski definition) is 2. The molecule has 0 unspecified atom stereocenters. The molecule has 0 fully saturated rings. The second-order valence-corrected chi connectivity index (χ2v) is 3.34. The van der Waals surface area contributed by atoms with E-state index in [0.29, 0.717) is 11.1 Å². The van der Waals surface area contributed by atoms with Crippen molar-refractivity contribution >= 4 is 11.9 Å². The van der Waals surface area contributed by atoms with Crippen molar-refractivity contribution in [3.63, 3.8) is 0 Å². The Kier molecular flexibility index (Phi) is 10.2. The fourth-order valence-electron chi connectivity index (χ4n) is 1.16. The third kappa shape index (κ3) is 6.96. The van der Waals surface area contributed by atoms with Gasteiger partial charge in [-0.05, 0) is 24.3 Å². The van der Waals surface area contributed by atoms with Crippen molar-refractivity contribution in [3.05, 3.63) is 71.8 Å². The van der Waals surface area contributed by atoms with Crippen molar-refractivity contribution in [1.29, 1.82) is 0 Å². The standard InChI is InChI=1S/2C7H6O2.2CH4/c2*8-7(9)6-4-2-1-3-5-6;;/h2*1-5H,(H,8,9);2*1H4. The Bertz CT molecular complexity index is 457. The maximum atomic E-state index is 10.2. The van der Waals surface area contributed by atoms with Crippen LogP contribution in [0.1, 0.15) is 35.6 Å². The van der Waals surface area contributed by atoms with Crippen LogP contribution in [-0.2, 0) is 0 Å². The molecule has 0 aliphatic rings. The molecule has 0 spiro atoms. The topological polar surface area (TPSA) is 74.6 Å². The Labute approximate surface area is 119 Å². The molecule has 0 amide bonds. The molecular weight excluding hydrogens is 256 g/mol. The summed E-state index contributed by atoms with van der Waals surface area (Å²) in [5.41, 5.74) is 0.662. The molecule has 0 aliphatic heterocycles. The molecule has 2 rings (SSSR count). The summed E-state index contributed by atoms with van der Waals surface area (Å²) in [5, 5.41) is 16.8. The Hall–Kier alpha value is -2.62. The second kappa shape index (κ2) is 10.3. The highest BCUT2D eigenvalue weighted by Crippen LogP contribution is 1.96. The van der Waals surface area contributed by atoms with Crippen LogP contribution >= 0.6 is 0 Å². The number of hydrogen-bond acceptors (Lipinski definition) is 2. The number of carboxylic acid groups (broad SMARTS) is 2. The molecule has 108 valence electrons. The second-order valence-electron chi connectivity index (χ2n) is 3.34. The minimum Gasteiger partial charge on any atom is -0.478 e. The first-order chi connectivity index (χ1) is 8.61. The van der Waals surface area contributed by atoms with Gasteiger partial charge in [0.2, 0.25) is 0 Å². The van der Waals surface area contributed by atoms with Crippen molar-refractivity contribution in [3.8, 4) is 0 Å². The van der Waals surface area contributed by atoms with Crippen LogP contribution in [0.25, 0.3) is 0 Å². The van der Waals surface area contributed by atoms with Crippen LogP contribution in [0, 0.1) is 0 Å². The fraction of sp³-hybridized carbons (Fsp3) is 0.125. The number of benzene rings is 2. The first-order valence-electron chi connectivity index (χ1n) is 5.18. The van der Waals surface area contributed by atoms with E-state index >= 15 is 0 Å². The molecule has 0 saturated heterocycles. The molecule has 20 heavy (non-hydrogen) atoms. The highest BCUT2D eigenvalue weighted by molar-refractivity contribution is 5.87. The molecule has 0 saturated carbocycles. The van der Waals surface area contributed by atoms with Crippen LogP contribution in [0.15, 0.2) is 60.7 Å². The number of carboxylic acids is 2. The van der Waals surface area contributed by atoms with Crippen LogP contribution in [0.2, 0.25) is 0 Å². The van der Waals surface area contributed by atoms with Gasteiger partial charge in [0.15, 0.2) is 0 Å². The zero-order valence-corrected chi connectivity index (χ0v) is 9.48. The van der Waals surface area contributed by atoms with E-state index in [1.54, 1.807) is 60.7 Å². The Morgan fingerprint density at radius 2 is 0.850 bits per heavy atom. The van der Waals surface area contributed by atoms with Gasteiger partial charge in [0.25, 0.3) is 0 Å². The number of aromatic carboxylic acids is 2. The monoisotopic (exact) mass is 276 g/mol. The Morgan fingerprint density at radius 1 is 0.600 bits per heavy atom. The van der Waals surface area contributed by atoms with Crippen LogP contribution < -0.4 is 0 Å². The van der Waals surface area contributed by atoms with Gasteiger partial charge < -0.3 is 10.2 Å². The minimum absolute atomic E-state index is 0. The number of rotatable bonds is 2. The van der Waals surface area contributed by atoms with Gasteiger partial charge in [0.1, 0.15) is 0 Å². The van der Waals surface area contributed by atoms with Gasteiger partial charge in [-0.25, -0.2) is 9.59 Å². The molecule has 0 atom stereocenters. The molecular formula is C16H20O4. The Balaban J connectivity index is 0. The first-order valence-corrected chi connectivity index (χ1v) is 5.18. The van der Waals surface area contributed by atoms with Crippen LogP contribution in [0.3, 0.4) is 0 Å². The summed E-state index contributed by atoms with van der Waals surface area (Å²) < 4.78 is 0. The average Bonchev–Trinajstić information content (AvgIpc) is 2.41. The van der Waals surface area contributed by atoms with E-state index < -0.39 is 11.9 Å². The quantitative estimate of drug-likeness (QED) is 0.868. The zero-order chi connectivity index (χ0) is 13.4. The van der Waals surface area contributed by atoms with Gasteiger partial charge in [-0.2, -0.15) is 0 Å². The summed E-state index contributed by atoms with van der Waals surface area (Å²) in [6.45, 7) is 0. The lowest BCUT2D eigenvalue weighted by Crippen LogP contribution is -1.93. The third-order valence-corrected chi connectivity index (χ3v) is 2.04. The van der Waals surface area contributed by atoms with E-state index in [-0.39, 0.29) is 14.9 Å². The molecule has 0 heterocycles. The van der Waals surface area contributed by atoms with E-state index in [0.717, 1.165) is 0 Å². The van der Waals surface area contributed by atoms with E-state index in [1.807, 2.05) is 0 Å². The van der Waals surface area contributed by atoms with Crippen LogP contribution in [0.5, 0.6) is 0 Å². The molecule has 2 N–H and O–H groups in total. The highest BCUT2D eigenvalue weighted by Gasteiger charge is 1.97. The average molecular weight is 276 g/mol. The smallest absolute Gasteiger partial charge is 0.335 e. The van der Waals surface area contributed by atoms with E-state index in [9.17, 15) is 9.59 Å². The lowest BCUT2D eigenvalue weighted by molar-refractivity contribution is 0.0686. The summed E-state index contributed by atoms with van der Waals surface area (Å²) in [6.07, 6.45) is 0. The lowest BCUT2D eigenvalue weighted by atomic mass is 10.2. The summed E-state index contributed by atoms with van der Waals surface area (Å²) in [7, 11) is 0. The minimum atomic E-state index is -0.879. The van der Waals surface area contributed by atoms with Crippen molar-refractivity contribution < 1.29 is 19.8 Å². The van der Waals surface area contributed by atoms with Gasteiger partial charge in [0.05, 0.1) is 11.1 Å². The van der Waals surface area contributed by atoms with Gasteiger partial charge in [-0.1, -0.05) is 51.3 Å². The van der Waals surface area contributed by atoms with Crippen molar-refractivity contribution in [2.24, 2.45) is 0 Å². The van der Waals surface area contributed by atoms with Crippen LogP contribution in [0.4, 0.5) is 0 Å². The largest absolute Gasteiger partial charge is 0.478 e. The molecule has 4 nitrogen and oxygen atoms in total. The third-order valence-electron chi connectivity index (χ3n) is 2.04. The van der Waals surface area contributed by atoms with Gasteiger partial charge in [-0.3, -0.25) is 0 Å². The molecule has 0 aromatic heterocycles.